The van der Waals surface area contributed by atoms with Crippen LogP contribution in [0.15, 0.2) is 83.8 Å². The monoisotopic (exact) mass is 541 g/mol. The third-order valence-electron chi connectivity index (χ3n) is 6.38. The number of sulfonamides is 2. The van der Waals surface area contributed by atoms with Gasteiger partial charge in [0.1, 0.15) is 5.75 Å². The summed E-state index contributed by atoms with van der Waals surface area (Å²) in [6.07, 6.45) is 0.583. The van der Waals surface area contributed by atoms with Crippen molar-refractivity contribution in [1.82, 2.24) is 4.31 Å². The molecule has 0 bridgehead atoms. The topological polar surface area (TPSA) is 113 Å². The van der Waals surface area contributed by atoms with E-state index in [0.717, 1.165) is 12.8 Å². The molecule has 37 heavy (non-hydrogen) atoms. The van der Waals surface area contributed by atoms with Crippen LogP contribution >= 0.6 is 0 Å². The Hall–Kier alpha value is -3.41. The summed E-state index contributed by atoms with van der Waals surface area (Å²) in [4.78, 5) is 13.3. The van der Waals surface area contributed by atoms with Crippen LogP contribution in [0.5, 0.6) is 5.75 Å². The highest BCUT2D eigenvalue weighted by Gasteiger charge is 2.37. The minimum Gasteiger partial charge on any atom is -0.476 e. The number of nitrogens with one attached hydrogen (secondary N) is 1. The summed E-state index contributed by atoms with van der Waals surface area (Å²) in [5.74, 6) is -0.467. The lowest BCUT2D eigenvalue weighted by molar-refractivity contribution is -0.122. The van der Waals surface area contributed by atoms with Gasteiger partial charge in [-0.1, -0.05) is 42.5 Å². The number of fused-ring (bicyclic) bond motifs is 1. The Bertz CT molecular complexity index is 1490. The Morgan fingerprint density at radius 3 is 2.22 bits per heavy atom. The second kappa shape index (κ2) is 10.2. The van der Waals surface area contributed by atoms with Crippen LogP contribution in [-0.2, 0) is 30.6 Å². The van der Waals surface area contributed by atoms with Gasteiger partial charge in [-0.25, -0.2) is 16.8 Å². The maximum atomic E-state index is 13.4. The van der Waals surface area contributed by atoms with E-state index < -0.39 is 32.1 Å². The summed E-state index contributed by atoms with van der Waals surface area (Å²) < 4.78 is 60.8. The molecule has 2 heterocycles. The summed E-state index contributed by atoms with van der Waals surface area (Å²) in [7, 11) is -7.38. The molecule has 2 aliphatic heterocycles. The lowest BCUT2D eigenvalue weighted by Gasteiger charge is -2.34. The van der Waals surface area contributed by atoms with Crippen molar-refractivity contribution in [1.29, 1.82) is 0 Å². The van der Waals surface area contributed by atoms with Crippen LogP contribution in [0.3, 0.4) is 0 Å². The van der Waals surface area contributed by atoms with Crippen LogP contribution in [0.2, 0.25) is 0 Å². The first-order valence-electron chi connectivity index (χ1n) is 12.0. The number of carbonyl (C=O) groups excluding carboxylic acids is 1. The minimum atomic E-state index is -3.82. The normalized spacial score (nSPS) is 18.2. The fraction of sp³-hybridized carbons (Fsp3) is 0.269. The van der Waals surface area contributed by atoms with E-state index in [1.807, 2.05) is 6.07 Å². The van der Waals surface area contributed by atoms with Crippen molar-refractivity contribution in [3.8, 4) is 5.75 Å². The molecule has 5 rings (SSSR count). The summed E-state index contributed by atoms with van der Waals surface area (Å²) in [6.45, 7) is 0.815. The zero-order chi connectivity index (χ0) is 26.0. The van der Waals surface area contributed by atoms with Gasteiger partial charge < -0.3 is 10.1 Å². The zero-order valence-corrected chi connectivity index (χ0v) is 21.6. The fourth-order valence-corrected chi connectivity index (χ4v) is 7.58. The molecular formula is C26H27N3O6S2. The zero-order valence-electron chi connectivity index (χ0n) is 20.0. The van der Waals surface area contributed by atoms with Crippen LogP contribution in [0.25, 0.3) is 0 Å². The van der Waals surface area contributed by atoms with Gasteiger partial charge in [0.05, 0.1) is 22.9 Å². The molecule has 1 saturated heterocycles. The van der Waals surface area contributed by atoms with Gasteiger partial charge in [-0.05, 0) is 54.8 Å². The highest BCUT2D eigenvalue weighted by atomic mass is 32.2. The van der Waals surface area contributed by atoms with Crippen LogP contribution in [0.4, 0.5) is 11.4 Å². The molecule has 0 radical (unpaired) electrons. The maximum absolute atomic E-state index is 13.4. The summed E-state index contributed by atoms with van der Waals surface area (Å²) in [5.41, 5.74) is 1.39. The number of ether oxygens (including phenoxy) is 1. The molecule has 0 unspecified atom stereocenters. The van der Waals surface area contributed by atoms with E-state index in [1.54, 1.807) is 48.5 Å². The molecule has 0 saturated carbocycles. The molecule has 0 spiro atoms. The van der Waals surface area contributed by atoms with Crippen molar-refractivity contribution in [3.05, 3.63) is 84.4 Å². The molecule has 0 aromatic heterocycles. The number of carbonyl (C=O) groups is 1. The van der Waals surface area contributed by atoms with Gasteiger partial charge in [-0.3, -0.25) is 9.10 Å². The second-order valence-corrected chi connectivity index (χ2v) is 12.8. The van der Waals surface area contributed by atoms with Crippen LogP contribution in [0, 0.1) is 0 Å². The van der Waals surface area contributed by atoms with Crippen molar-refractivity contribution in [2.45, 2.75) is 29.6 Å². The van der Waals surface area contributed by atoms with E-state index in [9.17, 15) is 21.6 Å². The Kier molecular flexibility index (Phi) is 6.93. The number of amides is 1. The average Bonchev–Trinajstić information content (AvgIpc) is 3.45. The molecule has 1 amide bonds. The van der Waals surface area contributed by atoms with E-state index in [4.69, 9.17) is 4.74 Å². The Morgan fingerprint density at radius 2 is 1.51 bits per heavy atom. The molecule has 11 heteroatoms. The predicted octanol–water partition coefficient (Wildman–Crippen LogP) is 3.21. The summed E-state index contributed by atoms with van der Waals surface area (Å²) in [6, 6.07) is 21.5. The van der Waals surface area contributed by atoms with Crippen LogP contribution in [-0.4, -0.2) is 52.8 Å². The number of para-hydroxylation sites is 2. The standard InChI is InChI=1S/C26H27N3O6S2/c30-26(27-21-12-14-22(15-13-21)37(33,34)28-16-6-7-17-28)25-18-29(23-10-4-5-11-24(23)35-25)36(31,32)19-20-8-2-1-3-9-20/h1-5,8-15,25H,6-7,16-19H2,(H,27,30)/t25-/m0/s1. The number of hydrogen-bond acceptors (Lipinski definition) is 6. The van der Waals surface area contributed by atoms with Gasteiger partial charge in [0, 0.05) is 18.8 Å². The molecule has 194 valence electrons. The first kappa shape index (κ1) is 25.2. The number of hydrogen-bond donors (Lipinski definition) is 1. The predicted molar refractivity (Wildman–Crippen MR) is 140 cm³/mol. The smallest absolute Gasteiger partial charge is 0.267 e. The third-order valence-corrected chi connectivity index (χ3v) is 10.0. The largest absolute Gasteiger partial charge is 0.476 e. The van der Waals surface area contributed by atoms with Crippen LogP contribution < -0.4 is 14.4 Å². The molecule has 0 aliphatic carbocycles. The number of benzene rings is 3. The Labute approximate surface area is 216 Å². The van der Waals surface area contributed by atoms with E-state index in [0.29, 0.717) is 30.0 Å². The van der Waals surface area contributed by atoms with Gasteiger partial charge in [0.2, 0.25) is 20.0 Å². The highest BCUT2D eigenvalue weighted by Crippen LogP contribution is 2.36. The summed E-state index contributed by atoms with van der Waals surface area (Å²) >= 11 is 0. The number of rotatable bonds is 7. The number of anilines is 2. The molecule has 9 nitrogen and oxygen atoms in total. The SMILES string of the molecule is O=C(Nc1ccc(S(=O)(=O)N2CCCC2)cc1)[C@@H]1CN(S(=O)(=O)Cc2ccccc2)c2ccccc2O1. The molecule has 1 fully saturated rings. The molecule has 1 atom stereocenters. The van der Waals surface area contributed by atoms with Crippen LogP contribution in [0.1, 0.15) is 18.4 Å². The third kappa shape index (κ3) is 5.34. The fourth-order valence-electron chi connectivity index (χ4n) is 4.48. The Balaban J connectivity index is 1.33. The summed E-state index contributed by atoms with van der Waals surface area (Å²) in [5, 5.41) is 2.72. The minimum absolute atomic E-state index is 0.161. The number of nitrogens with zero attached hydrogens (tertiary/aromatic N) is 2. The lowest BCUT2D eigenvalue weighted by Crippen LogP contribution is -2.49. The Morgan fingerprint density at radius 1 is 0.865 bits per heavy atom. The van der Waals surface area contributed by atoms with Crippen molar-refractivity contribution >= 4 is 37.3 Å². The van der Waals surface area contributed by atoms with Gasteiger partial charge >= 0.3 is 0 Å². The van der Waals surface area contributed by atoms with E-state index in [2.05, 4.69) is 5.32 Å². The highest BCUT2D eigenvalue weighted by molar-refractivity contribution is 7.92. The van der Waals surface area contributed by atoms with Gasteiger partial charge in [-0.2, -0.15) is 4.31 Å². The maximum Gasteiger partial charge on any atom is 0.267 e. The molecular weight excluding hydrogens is 514 g/mol. The van der Waals surface area contributed by atoms with E-state index in [-0.39, 0.29) is 22.9 Å². The molecule has 2 aliphatic rings. The van der Waals surface area contributed by atoms with Gasteiger partial charge in [-0.15, -0.1) is 0 Å². The second-order valence-electron chi connectivity index (χ2n) is 8.97. The molecule has 3 aromatic rings. The van der Waals surface area contributed by atoms with Crippen molar-refractivity contribution < 1.29 is 26.4 Å². The van der Waals surface area contributed by atoms with E-state index in [1.165, 1.54) is 32.9 Å². The quantitative estimate of drug-likeness (QED) is 0.492. The van der Waals surface area contributed by atoms with Gasteiger partial charge in [0.15, 0.2) is 6.10 Å². The average molecular weight is 542 g/mol. The molecule has 1 N–H and O–H groups in total. The molecule has 3 aromatic carbocycles. The van der Waals surface area contributed by atoms with E-state index >= 15 is 0 Å². The first-order valence-corrected chi connectivity index (χ1v) is 15.0. The van der Waals surface area contributed by atoms with Crippen molar-refractivity contribution in [2.24, 2.45) is 0 Å². The van der Waals surface area contributed by atoms with Crippen molar-refractivity contribution in [3.63, 3.8) is 0 Å². The van der Waals surface area contributed by atoms with Crippen molar-refractivity contribution in [2.75, 3.05) is 29.3 Å². The lowest BCUT2D eigenvalue weighted by atomic mass is 10.2. The van der Waals surface area contributed by atoms with Gasteiger partial charge in [0.25, 0.3) is 5.91 Å². The first-order chi connectivity index (χ1) is 17.7.